The lowest BCUT2D eigenvalue weighted by molar-refractivity contribution is 0.298. The Morgan fingerprint density at radius 2 is 2.38 bits per heavy atom. The van der Waals surface area contributed by atoms with Crippen LogP contribution in [0, 0.1) is 0 Å². The smallest absolute Gasteiger partial charge is 0.159 e. The quantitative estimate of drug-likeness (QED) is 0.744. The molecule has 0 aliphatic heterocycles. The summed E-state index contributed by atoms with van der Waals surface area (Å²) in [6.07, 6.45) is 5.26. The van der Waals surface area contributed by atoms with E-state index in [0.29, 0.717) is 11.1 Å². The number of pyridine rings is 1. The molecule has 0 spiro atoms. The third kappa shape index (κ3) is 1.94. The average Bonchev–Trinajstić information content (AvgIpc) is 2.92. The highest BCUT2D eigenvalue weighted by Crippen LogP contribution is 2.33. The van der Waals surface area contributed by atoms with Gasteiger partial charge in [0, 0.05) is 6.20 Å². The van der Waals surface area contributed by atoms with Crippen LogP contribution < -0.4 is 4.74 Å². The fourth-order valence-corrected chi connectivity index (χ4v) is 1.40. The minimum absolute atomic E-state index is 0.381. The highest BCUT2D eigenvalue weighted by atomic mass is 35.5. The summed E-state index contributed by atoms with van der Waals surface area (Å²) >= 11 is 6.02. The largest absolute Gasteiger partial charge is 0.487 e. The number of aryl methyl sites for hydroxylation is 1. The molecular weight excluding hydrogens is 186 g/mol. The lowest BCUT2D eigenvalue weighted by Crippen LogP contribution is -2.01. The summed E-state index contributed by atoms with van der Waals surface area (Å²) in [5.41, 5.74) is 0.958. The van der Waals surface area contributed by atoms with Crippen LogP contribution in [-0.2, 0) is 6.42 Å². The molecule has 2 nitrogen and oxygen atoms in total. The molecule has 0 unspecified atom stereocenters. The van der Waals surface area contributed by atoms with Crippen LogP contribution in [0.4, 0.5) is 0 Å². The van der Waals surface area contributed by atoms with Crippen molar-refractivity contribution in [3.63, 3.8) is 0 Å². The normalized spacial score (nSPS) is 15.8. The fourth-order valence-electron chi connectivity index (χ4n) is 1.19. The first kappa shape index (κ1) is 8.82. The number of hydrogen-bond donors (Lipinski definition) is 0. The van der Waals surface area contributed by atoms with Crippen LogP contribution in [0.15, 0.2) is 12.3 Å². The molecule has 0 bridgehead atoms. The fraction of sp³-hybridized carbons (Fsp3) is 0.500. The van der Waals surface area contributed by atoms with Crippen molar-refractivity contribution >= 4 is 11.6 Å². The Morgan fingerprint density at radius 1 is 1.62 bits per heavy atom. The van der Waals surface area contributed by atoms with Crippen LogP contribution >= 0.6 is 11.6 Å². The van der Waals surface area contributed by atoms with E-state index < -0.39 is 0 Å². The topological polar surface area (TPSA) is 22.1 Å². The Hall–Kier alpha value is -0.760. The summed E-state index contributed by atoms with van der Waals surface area (Å²) in [5.74, 6) is 0.786. The summed E-state index contributed by atoms with van der Waals surface area (Å²) in [6, 6.07) is 1.78. The maximum absolute atomic E-state index is 6.02. The van der Waals surface area contributed by atoms with Gasteiger partial charge in [0.15, 0.2) is 5.75 Å². The summed E-state index contributed by atoms with van der Waals surface area (Å²) in [7, 11) is 0. The standard InChI is InChI=1S/C10H12ClNO/c1-2-9-10(13-7-3-4-7)8(11)5-6-12-9/h5-7H,2-4H2,1H3. The first-order valence-electron chi connectivity index (χ1n) is 4.61. The van der Waals surface area contributed by atoms with Crippen molar-refractivity contribution < 1.29 is 4.74 Å². The van der Waals surface area contributed by atoms with Crippen molar-refractivity contribution in [2.24, 2.45) is 0 Å². The molecular formula is C10H12ClNO. The minimum Gasteiger partial charge on any atom is -0.487 e. The third-order valence-electron chi connectivity index (χ3n) is 2.07. The number of rotatable bonds is 3. The molecule has 1 aromatic rings. The molecule has 0 saturated heterocycles. The molecule has 1 aliphatic carbocycles. The van der Waals surface area contributed by atoms with E-state index in [1.807, 2.05) is 0 Å². The monoisotopic (exact) mass is 197 g/mol. The second-order valence-electron chi connectivity index (χ2n) is 3.24. The van der Waals surface area contributed by atoms with Crippen LogP contribution in [0.25, 0.3) is 0 Å². The van der Waals surface area contributed by atoms with Gasteiger partial charge in [0.05, 0.1) is 16.8 Å². The van der Waals surface area contributed by atoms with Gasteiger partial charge in [-0.25, -0.2) is 0 Å². The van der Waals surface area contributed by atoms with Crippen LogP contribution in [-0.4, -0.2) is 11.1 Å². The van der Waals surface area contributed by atoms with Gasteiger partial charge in [-0.1, -0.05) is 18.5 Å². The summed E-state index contributed by atoms with van der Waals surface area (Å²) in [6.45, 7) is 2.05. The van der Waals surface area contributed by atoms with Crippen molar-refractivity contribution in [1.82, 2.24) is 4.98 Å². The molecule has 0 atom stereocenters. The van der Waals surface area contributed by atoms with Crippen molar-refractivity contribution in [1.29, 1.82) is 0 Å². The van der Waals surface area contributed by atoms with Gasteiger partial charge in [0.25, 0.3) is 0 Å². The van der Waals surface area contributed by atoms with Gasteiger partial charge in [-0.2, -0.15) is 0 Å². The third-order valence-corrected chi connectivity index (χ3v) is 2.37. The van der Waals surface area contributed by atoms with Gasteiger partial charge in [-0.15, -0.1) is 0 Å². The Labute approximate surface area is 82.9 Å². The van der Waals surface area contributed by atoms with E-state index >= 15 is 0 Å². The molecule has 1 saturated carbocycles. The molecule has 13 heavy (non-hydrogen) atoms. The molecule has 1 fully saturated rings. The van der Waals surface area contributed by atoms with Crippen LogP contribution in [0.1, 0.15) is 25.5 Å². The van der Waals surface area contributed by atoms with Gasteiger partial charge in [-0.3, -0.25) is 4.98 Å². The molecule has 70 valence electrons. The maximum atomic E-state index is 6.02. The lowest BCUT2D eigenvalue weighted by atomic mass is 10.2. The molecule has 1 heterocycles. The zero-order valence-electron chi connectivity index (χ0n) is 7.59. The molecule has 1 aliphatic rings. The average molecular weight is 198 g/mol. The van der Waals surface area contributed by atoms with Gasteiger partial charge < -0.3 is 4.74 Å². The number of ether oxygens (including phenoxy) is 1. The number of aromatic nitrogens is 1. The van der Waals surface area contributed by atoms with Crippen LogP contribution in [0.5, 0.6) is 5.75 Å². The van der Waals surface area contributed by atoms with E-state index in [1.165, 1.54) is 0 Å². The van der Waals surface area contributed by atoms with Gasteiger partial charge >= 0.3 is 0 Å². The van der Waals surface area contributed by atoms with E-state index in [9.17, 15) is 0 Å². The highest BCUT2D eigenvalue weighted by molar-refractivity contribution is 6.32. The van der Waals surface area contributed by atoms with Crippen LogP contribution in [0.3, 0.4) is 0 Å². The van der Waals surface area contributed by atoms with Crippen molar-refractivity contribution in [2.45, 2.75) is 32.3 Å². The summed E-state index contributed by atoms with van der Waals surface area (Å²) in [4.78, 5) is 4.23. The highest BCUT2D eigenvalue weighted by Gasteiger charge is 2.25. The Morgan fingerprint density at radius 3 is 3.00 bits per heavy atom. The van der Waals surface area contributed by atoms with Crippen molar-refractivity contribution in [3.05, 3.63) is 23.0 Å². The second-order valence-corrected chi connectivity index (χ2v) is 3.65. The number of nitrogens with zero attached hydrogens (tertiary/aromatic N) is 1. The van der Waals surface area contributed by atoms with Gasteiger partial charge in [-0.05, 0) is 25.3 Å². The minimum atomic E-state index is 0.381. The lowest BCUT2D eigenvalue weighted by Gasteiger charge is -2.09. The predicted molar refractivity (Wildman–Crippen MR) is 52.3 cm³/mol. The first-order chi connectivity index (χ1) is 6.31. The Bertz CT molecular complexity index is 310. The van der Waals surface area contributed by atoms with E-state index in [0.717, 1.165) is 30.7 Å². The molecule has 0 aromatic carbocycles. The van der Waals surface area contributed by atoms with E-state index in [2.05, 4.69) is 11.9 Å². The van der Waals surface area contributed by atoms with E-state index in [1.54, 1.807) is 12.3 Å². The molecule has 0 N–H and O–H groups in total. The summed E-state index contributed by atoms with van der Waals surface area (Å²) < 4.78 is 5.68. The van der Waals surface area contributed by atoms with E-state index in [4.69, 9.17) is 16.3 Å². The Balaban J connectivity index is 2.27. The second kappa shape index (κ2) is 3.54. The van der Waals surface area contributed by atoms with Crippen LogP contribution in [0.2, 0.25) is 5.02 Å². The van der Waals surface area contributed by atoms with Crippen molar-refractivity contribution in [2.75, 3.05) is 0 Å². The van der Waals surface area contributed by atoms with Gasteiger partial charge in [0.1, 0.15) is 0 Å². The molecule has 2 rings (SSSR count). The Kier molecular flexibility index (Phi) is 2.40. The zero-order valence-corrected chi connectivity index (χ0v) is 8.34. The zero-order chi connectivity index (χ0) is 9.26. The van der Waals surface area contributed by atoms with E-state index in [-0.39, 0.29) is 0 Å². The molecule has 0 radical (unpaired) electrons. The number of hydrogen-bond acceptors (Lipinski definition) is 2. The molecule has 1 aromatic heterocycles. The number of halogens is 1. The SMILES string of the molecule is CCc1nccc(Cl)c1OC1CC1. The first-order valence-corrected chi connectivity index (χ1v) is 4.99. The summed E-state index contributed by atoms with van der Waals surface area (Å²) in [5, 5.41) is 0.679. The van der Waals surface area contributed by atoms with Gasteiger partial charge in [0.2, 0.25) is 0 Å². The predicted octanol–water partition coefficient (Wildman–Crippen LogP) is 2.84. The maximum Gasteiger partial charge on any atom is 0.159 e. The molecule has 3 heteroatoms. The molecule has 0 amide bonds. The van der Waals surface area contributed by atoms with Crippen molar-refractivity contribution in [3.8, 4) is 5.75 Å².